The summed E-state index contributed by atoms with van der Waals surface area (Å²) in [5.74, 6) is -0.121. The van der Waals surface area contributed by atoms with Gasteiger partial charge in [0.25, 0.3) is 0 Å². The van der Waals surface area contributed by atoms with Crippen molar-refractivity contribution in [3.8, 4) is 0 Å². The predicted octanol–water partition coefficient (Wildman–Crippen LogP) is 2.03. The van der Waals surface area contributed by atoms with Crippen molar-refractivity contribution in [1.82, 2.24) is 4.90 Å². The molecule has 0 bridgehead atoms. The van der Waals surface area contributed by atoms with Gasteiger partial charge < -0.3 is 5.32 Å². The molecule has 1 amide bonds. The van der Waals surface area contributed by atoms with Crippen molar-refractivity contribution in [1.29, 1.82) is 0 Å². The Balaban J connectivity index is 1.66. The highest BCUT2D eigenvalue weighted by atomic mass is 32.2. The van der Waals surface area contributed by atoms with E-state index in [1.165, 1.54) is 28.8 Å². The molecule has 0 aromatic heterocycles. The molecule has 0 fully saturated rings. The number of rotatable bonds is 4. The molecular formula is C19H23N3O3S. The van der Waals surface area contributed by atoms with Crippen molar-refractivity contribution >= 4 is 21.6 Å². The Labute approximate surface area is 154 Å². The van der Waals surface area contributed by atoms with Crippen LogP contribution >= 0.6 is 0 Å². The number of nitrogens with zero attached hydrogens (tertiary/aromatic N) is 1. The van der Waals surface area contributed by atoms with Crippen LogP contribution in [0.1, 0.15) is 23.6 Å². The first-order valence-corrected chi connectivity index (χ1v) is 10.0. The number of aryl methyl sites for hydroxylation is 1. The van der Waals surface area contributed by atoms with E-state index in [1.54, 1.807) is 12.1 Å². The number of sulfonamides is 1. The van der Waals surface area contributed by atoms with Crippen LogP contribution in [0.2, 0.25) is 0 Å². The van der Waals surface area contributed by atoms with Crippen molar-refractivity contribution in [2.45, 2.75) is 37.8 Å². The zero-order valence-corrected chi connectivity index (χ0v) is 15.7. The molecular weight excluding hydrogens is 350 g/mol. The van der Waals surface area contributed by atoms with Crippen LogP contribution in [0.15, 0.2) is 47.4 Å². The van der Waals surface area contributed by atoms with Crippen LogP contribution in [0, 0.1) is 6.92 Å². The maximum atomic E-state index is 12.6. The highest BCUT2D eigenvalue weighted by molar-refractivity contribution is 7.89. The average molecular weight is 373 g/mol. The van der Waals surface area contributed by atoms with Gasteiger partial charge in [0.1, 0.15) is 0 Å². The van der Waals surface area contributed by atoms with Crippen LogP contribution < -0.4 is 10.5 Å². The van der Waals surface area contributed by atoms with E-state index in [4.69, 9.17) is 5.14 Å². The number of benzene rings is 2. The molecule has 1 aliphatic heterocycles. The van der Waals surface area contributed by atoms with E-state index in [0.29, 0.717) is 5.69 Å². The van der Waals surface area contributed by atoms with Crippen LogP contribution in [-0.4, -0.2) is 31.8 Å². The lowest BCUT2D eigenvalue weighted by Crippen LogP contribution is -2.44. The van der Waals surface area contributed by atoms with Crippen molar-refractivity contribution < 1.29 is 13.2 Å². The normalized spacial score (nSPS) is 16.0. The van der Waals surface area contributed by atoms with E-state index in [-0.39, 0.29) is 16.8 Å². The van der Waals surface area contributed by atoms with Gasteiger partial charge in [-0.15, -0.1) is 0 Å². The summed E-state index contributed by atoms with van der Waals surface area (Å²) in [5, 5.41) is 7.91. The summed E-state index contributed by atoms with van der Waals surface area (Å²) in [5.41, 5.74) is 4.42. The van der Waals surface area contributed by atoms with Crippen LogP contribution in [0.5, 0.6) is 0 Å². The van der Waals surface area contributed by atoms with E-state index >= 15 is 0 Å². The highest BCUT2D eigenvalue weighted by Gasteiger charge is 2.25. The minimum absolute atomic E-state index is 0.0199. The average Bonchev–Trinajstić information content (AvgIpc) is 2.60. The molecule has 2 aromatic carbocycles. The van der Waals surface area contributed by atoms with Gasteiger partial charge >= 0.3 is 0 Å². The monoisotopic (exact) mass is 373 g/mol. The molecule has 138 valence electrons. The molecule has 0 aliphatic carbocycles. The molecule has 3 rings (SSSR count). The van der Waals surface area contributed by atoms with Gasteiger partial charge in [0.2, 0.25) is 15.9 Å². The number of hydrogen-bond donors (Lipinski definition) is 2. The molecule has 3 N–H and O–H groups in total. The molecule has 2 aromatic rings. The van der Waals surface area contributed by atoms with Gasteiger partial charge in [0.05, 0.1) is 10.9 Å². The molecule has 0 spiro atoms. The second-order valence-corrected chi connectivity index (χ2v) is 8.29. The number of carbonyl (C=O) groups is 1. The fraction of sp³-hybridized carbons (Fsp3) is 0.316. The topological polar surface area (TPSA) is 92.5 Å². The summed E-state index contributed by atoms with van der Waals surface area (Å²) in [6.45, 7) is 5.54. The molecule has 1 heterocycles. The minimum atomic E-state index is -3.73. The Morgan fingerprint density at radius 2 is 1.85 bits per heavy atom. The Morgan fingerprint density at radius 1 is 1.15 bits per heavy atom. The van der Waals surface area contributed by atoms with Crippen LogP contribution in [0.25, 0.3) is 0 Å². The van der Waals surface area contributed by atoms with E-state index in [1.807, 2.05) is 6.92 Å². The molecule has 0 saturated carbocycles. The molecule has 6 nitrogen and oxygen atoms in total. The standard InChI is InChI=1S/C19H23N3O3S/c1-13-3-4-16-12-22(10-9-15(16)11-13)14(2)19(23)21-17-5-7-18(8-6-17)26(20,24)25/h3-8,11,14H,9-10,12H2,1-2H3,(H,21,23)(H2,20,24,25)/t14-/m0/s1. The van der Waals surface area contributed by atoms with Crippen LogP contribution in [0.4, 0.5) is 5.69 Å². The molecule has 0 saturated heterocycles. The van der Waals surface area contributed by atoms with Gasteiger partial charge in [-0.2, -0.15) is 0 Å². The zero-order chi connectivity index (χ0) is 18.9. The minimum Gasteiger partial charge on any atom is -0.325 e. The quantitative estimate of drug-likeness (QED) is 0.858. The van der Waals surface area contributed by atoms with Crippen molar-refractivity contribution in [3.63, 3.8) is 0 Å². The van der Waals surface area contributed by atoms with E-state index in [2.05, 4.69) is 35.3 Å². The summed E-state index contributed by atoms with van der Waals surface area (Å²) in [4.78, 5) is 14.7. The van der Waals surface area contributed by atoms with Crippen molar-refractivity contribution in [2.24, 2.45) is 5.14 Å². The number of nitrogens with one attached hydrogen (secondary N) is 1. The molecule has 0 radical (unpaired) electrons. The Bertz CT molecular complexity index is 924. The van der Waals surface area contributed by atoms with Gasteiger partial charge in [0.15, 0.2) is 0 Å². The number of amides is 1. The van der Waals surface area contributed by atoms with E-state index in [9.17, 15) is 13.2 Å². The molecule has 7 heteroatoms. The van der Waals surface area contributed by atoms with Gasteiger partial charge in [-0.3, -0.25) is 9.69 Å². The van der Waals surface area contributed by atoms with Gasteiger partial charge in [-0.25, -0.2) is 13.6 Å². The first-order chi connectivity index (χ1) is 12.2. The van der Waals surface area contributed by atoms with Crippen LogP contribution in [0.3, 0.4) is 0 Å². The molecule has 1 aliphatic rings. The Hall–Kier alpha value is -2.22. The number of fused-ring (bicyclic) bond motifs is 1. The lowest BCUT2D eigenvalue weighted by Gasteiger charge is -2.33. The van der Waals surface area contributed by atoms with Crippen molar-refractivity contribution in [2.75, 3.05) is 11.9 Å². The fourth-order valence-electron chi connectivity index (χ4n) is 3.17. The highest BCUT2D eigenvalue weighted by Crippen LogP contribution is 2.22. The molecule has 26 heavy (non-hydrogen) atoms. The number of anilines is 1. The number of primary sulfonamides is 1. The first kappa shape index (κ1) is 18.6. The largest absolute Gasteiger partial charge is 0.325 e. The Morgan fingerprint density at radius 3 is 2.50 bits per heavy atom. The van der Waals surface area contributed by atoms with E-state index < -0.39 is 10.0 Å². The summed E-state index contributed by atoms with van der Waals surface area (Å²) in [7, 11) is -3.73. The fourth-order valence-corrected chi connectivity index (χ4v) is 3.69. The van der Waals surface area contributed by atoms with E-state index in [0.717, 1.165) is 19.5 Å². The maximum absolute atomic E-state index is 12.6. The third-order valence-electron chi connectivity index (χ3n) is 4.78. The third kappa shape index (κ3) is 4.12. The number of nitrogens with two attached hydrogens (primary N) is 1. The smallest absolute Gasteiger partial charge is 0.241 e. The van der Waals surface area contributed by atoms with Crippen LogP contribution in [-0.2, 0) is 27.8 Å². The second-order valence-electron chi connectivity index (χ2n) is 6.73. The van der Waals surface area contributed by atoms with Gasteiger partial charge in [-0.05, 0) is 55.7 Å². The summed E-state index contributed by atoms with van der Waals surface area (Å²) < 4.78 is 22.6. The SMILES string of the molecule is Cc1ccc2c(c1)CCN([C@@H](C)C(=O)Nc1ccc(S(N)(=O)=O)cc1)C2. The zero-order valence-electron chi connectivity index (χ0n) is 14.9. The van der Waals surface area contributed by atoms with Crippen molar-refractivity contribution in [3.05, 3.63) is 59.2 Å². The summed E-state index contributed by atoms with van der Waals surface area (Å²) in [6, 6.07) is 12.0. The second kappa shape index (κ2) is 7.19. The Kier molecular flexibility index (Phi) is 5.13. The predicted molar refractivity (Wildman–Crippen MR) is 101 cm³/mol. The summed E-state index contributed by atoms with van der Waals surface area (Å²) >= 11 is 0. The lowest BCUT2D eigenvalue weighted by molar-refractivity contribution is -0.121. The first-order valence-electron chi connectivity index (χ1n) is 8.50. The molecule has 0 unspecified atom stereocenters. The van der Waals surface area contributed by atoms with Gasteiger partial charge in [0, 0.05) is 18.8 Å². The number of carbonyl (C=O) groups excluding carboxylic acids is 1. The third-order valence-corrected chi connectivity index (χ3v) is 5.71. The maximum Gasteiger partial charge on any atom is 0.241 e. The summed E-state index contributed by atoms with van der Waals surface area (Å²) in [6.07, 6.45) is 0.928. The molecule has 1 atom stereocenters. The van der Waals surface area contributed by atoms with Gasteiger partial charge in [-0.1, -0.05) is 23.8 Å². The number of hydrogen-bond acceptors (Lipinski definition) is 4. The lowest BCUT2D eigenvalue weighted by atomic mass is 9.96.